The van der Waals surface area contributed by atoms with Crippen LogP contribution in [0.25, 0.3) is 0 Å². The van der Waals surface area contributed by atoms with Crippen molar-refractivity contribution >= 4 is 33.6 Å². The fraction of sp³-hybridized carbons (Fsp3) is 0. The molecule has 0 aliphatic heterocycles. The Morgan fingerprint density at radius 1 is 1.18 bits per heavy atom. The summed E-state index contributed by atoms with van der Waals surface area (Å²) in [7, 11) is 0. The summed E-state index contributed by atoms with van der Waals surface area (Å²) in [5.41, 5.74) is -0.551. The van der Waals surface area contributed by atoms with Crippen LogP contribution in [0.5, 0.6) is 5.75 Å². The molecule has 0 bridgehead atoms. The average Bonchev–Trinajstić information content (AvgIpc) is 2.48. The van der Waals surface area contributed by atoms with Gasteiger partial charge in [0.05, 0.1) is 15.0 Å². The zero-order valence-electron chi connectivity index (χ0n) is 10.9. The number of carbonyl (C=O) groups excluding carboxylic acids is 1. The molecule has 112 valence electrons. The van der Waals surface area contributed by atoms with Crippen LogP contribution in [0.4, 0.5) is 5.69 Å². The van der Waals surface area contributed by atoms with Crippen molar-refractivity contribution in [2.24, 2.45) is 0 Å². The molecule has 2 aromatic carbocycles. The van der Waals surface area contributed by atoms with Crippen LogP contribution in [-0.4, -0.2) is 22.0 Å². The quantitative estimate of drug-likeness (QED) is 0.385. The smallest absolute Gasteiger partial charge is 0.350 e. The third kappa shape index (κ3) is 3.29. The minimum atomic E-state index is -1.13. The molecule has 0 fully saturated rings. The van der Waals surface area contributed by atoms with Crippen LogP contribution in [-0.2, 0) is 0 Å². The standard InChI is InChI=1S/C14H8BrNO6/c15-10-7-8(13(17)18)5-6-12(10)22-14(19)9-3-1-2-4-11(9)16(20)21/h1-7H,(H,17,18). The molecule has 0 aliphatic rings. The Labute approximate surface area is 132 Å². The van der Waals surface area contributed by atoms with Crippen LogP contribution < -0.4 is 4.74 Å². The van der Waals surface area contributed by atoms with E-state index in [0.717, 1.165) is 0 Å². The fourth-order valence-electron chi connectivity index (χ4n) is 1.68. The summed E-state index contributed by atoms with van der Waals surface area (Å²) in [6, 6.07) is 9.21. The number of nitro groups is 1. The number of esters is 1. The van der Waals surface area contributed by atoms with E-state index in [0.29, 0.717) is 0 Å². The Balaban J connectivity index is 2.30. The summed E-state index contributed by atoms with van der Waals surface area (Å²) < 4.78 is 5.32. The lowest BCUT2D eigenvalue weighted by molar-refractivity contribution is -0.385. The van der Waals surface area contributed by atoms with Gasteiger partial charge in [-0.15, -0.1) is 0 Å². The molecule has 0 saturated carbocycles. The van der Waals surface area contributed by atoms with Crippen molar-refractivity contribution in [3.63, 3.8) is 0 Å². The van der Waals surface area contributed by atoms with Gasteiger partial charge in [0.2, 0.25) is 0 Å². The minimum absolute atomic E-state index is 0.0114. The number of benzene rings is 2. The van der Waals surface area contributed by atoms with E-state index in [-0.39, 0.29) is 27.0 Å². The zero-order valence-corrected chi connectivity index (χ0v) is 12.4. The monoisotopic (exact) mass is 365 g/mol. The Morgan fingerprint density at radius 2 is 1.86 bits per heavy atom. The highest BCUT2D eigenvalue weighted by molar-refractivity contribution is 9.10. The normalized spacial score (nSPS) is 10.0. The summed E-state index contributed by atoms with van der Waals surface area (Å²) in [4.78, 5) is 33.1. The topological polar surface area (TPSA) is 107 Å². The van der Waals surface area contributed by atoms with Gasteiger partial charge in [-0.2, -0.15) is 0 Å². The van der Waals surface area contributed by atoms with Crippen LogP contribution in [0, 0.1) is 10.1 Å². The number of nitrogens with zero attached hydrogens (tertiary/aromatic N) is 1. The molecule has 0 aromatic heterocycles. The van der Waals surface area contributed by atoms with Crippen LogP contribution in [0.15, 0.2) is 46.9 Å². The number of carboxylic acids is 1. The maximum atomic E-state index is 12.0. The first kappa shape index (κ1) is 15.6. The molecule has 2 rings (SSSR count). The first-order valence-corrected chi connectivity index (χ1v) is 6.68. The summed E-state index contributed by atoms with van der Waals surface area (Å²) in [6.45, 7) is 0. The van der Waals surface area contributed by atoms with E-state index in [2.05, 4.69) is 15.9 Å². The van der Waals surface area contributed by atoms with Crippen LogP contribution in [0.2, 0.25) is 0 Å². The molecule has 7 nitrogen and oxygen atoms in total. The van der Waals surface area contributed by atoms with Gasteiger partial charge in [0.15, 0.2) is 0 Å². The molecule has 22 heavy (non-hydrogen) atoms. The molecule has 0 aliphatic carbocycles. The first-order valence-electron chi connectivity index (χ1n) is 5.88. The maximum Gasteiger partial charge on any atom is 0.350 e. The third-order valence-electron chi connectivity index (χ3n) is 2.70. The highest BCUT2D eigenvalue weighted by Crippen LogP contribution is 2.28. The molecule has 0 amide bonds. The number of aromatic carboxylic acids is 1. The van der Waals surface area contributed by atoms with Gasteiger partial charge in [-0.3, -0.25) is 10.1 Å². The van der Waals surface area contributed by atoms with E-state index in [1.165, 1.54) is 42.5 Å². The van der Waals surface area contributed by atoms with E-state index in [9.17, 15) is 19.7 Å². The molecule has 0 unspecified atom stereocenters. The molecule has 0 atom stereocenters. The number of hydrogen-bond acceptors (Lipinski definition) is 5. The SMILES string of the molecule is O=C(O)c1ccc(OC(=O)c2ccccc2[N+](=O)[O-])c(Br)c1. The molecule has 2 aromatic rings. The van der Waals surface area contributed by atoms with Crippen molar-refractivity contribution in [1.82, 2.24) is 0 Å². The van der Waals surface area contributed by atoms with Gasteiger partial charge in [-0.05, 0) is 40.2 Å². The summed E-state index contributed by atoms with van der Waals surface area (Å²) in [5.74, 6) is -1.97. The van der Waals surface area contributed by atoms with Gasteiger partial charge < -0.3 is 9.84 Å². The molecule has 1 N–H and O–H groups in total. The van der Waals surface area contributed by atoms with Gasteiger partial charge >= 0.3 is 11.9 Å². The predicted octanol–water partition coefficient (Wildman–Crippen LogP) is 3.27. The molecule has 8 heteroatoms. The highest BCUT2D eigenvalue weighted by Gasteiger charge is 2.22. The van der Waals surface area contributed by atoms with Crippen LogP contribution >= 0.6 is 15.9 Å². The van der Waals surface area contributed by atoms with Gasteiger partial charge in [0.25, 0.3) is 5.69 Å². The minimum Gasteiger partial charge on any atom is -0.478 e. The van der Waals surface area contributed by atoms with E-state index in [1.807, 2.05) is 0 Å². The van der Waals surface area contributed by atoms with Crippen molar-refractivity contribution in [2.75, 3.05) is 0 Å². The number of ether oxygens (including phenoxy) is 1. The molecular weight excluding hydrogens is 358 g/mol. The van der Waals surface area contributed by atoms with Gasteiger partial charge in [-0.1, -0.05) is 12.1 Å². The van der Waals surface area contributed by atoms with E-state index < -0.39 is 16.9 Å². The number of para-hydroxylation sites is 1. The Hall–Kier alpha value is -2.74. The van der Waals surface area contributed by atoms with Crippen LogP contribution in [0.3, 0.4) is 0 Å². The molecule has 0 radical (unpaired) electrons. The Kier molecular flexibility index (Phi) is 4.52. The summed E-state index contributed by atoms with van der Waals surface area (Å²) >= 11 is 3.09. The van der Waals surface area contributed by atoms with E-state index in [1.54, 1.807) is 0 Å². The number of carbonyl (C=O) groups is 2. The summed E-state index contributed by atoms with van der Waals surface area (Å²) in [6.07, 6.45) is 0. The van der Waals surface area contributed by atoms with Gasteiger partial charge in [-0.25, -0.2) is 9.59 Å². The molecule has 0 spiro atoms. The number of halogens is 1. The average molecular weight is 366 g/mol. The zero-order chi connectivity index (χ0) is 16.3. The van der Waals surface area contributed by atoms with Crippen molar-refractivity contribution in [2.45, 2.75) is 0 Å². The lowest BCUT2D eigenvalue weighted by atomic mass is 10.2. The maximum absolute atomic E-state index is 12.0. The molecule has 0 saturated heterocycles. The van der Waals surface area contributed by atoms with Crippen molar-refractivity contribution in [1.29, 1.82) is 0 Å². The van der Waals surface area contributed by atoms with E-state index in [4.69, 9.17) is 9.84 Å². The highest BCUT2D eigenvalue weighted by atomic mass is 79.9. The summed E-state index contributed by atoms with van der Waals surface area (Å²) in [5, 5.41) is 19.7. The number of nitro benzene ring substituents is 1. The second kappa shape index (κ2) is 6.35. The van der Waals surface area contributed by atoms with Crippen LogP contribution in [0.1, 0.15) is 20.7 Å². The van der Waals surface area contributed by atoms with Crippen molar-refractivity contribution in [3.8, 4) is 5.75 Å². The second-order valence-corrected chi connectivity index (χ2v) is 4.97. The molecule has 0 heterocycles. The molecular formula is C14H8BrNO6. The largest absolute Gasteiger partial charge is 0.478 e. The van der Waals surface area contributed by atoms with Gasteiger partial charge in [0.1, 0.15) is 11.3 Å². The van der Waals surface area contributed by atoms with Crippen molar-refractivity contribution < 1.29 is 24.4 Å². The van der Waals surface area contributed by atoms with Crippen molar-refractivity contribution in [3.05, 3.63) is 68.2 Å². The number of hydrogen-bond donors (Lipinski definition) is 1. The Bertz CT molecular complexity index is 774. The number of carboxylic acid groups (broad SMARTS) is 1. The first-order chi connectivity index (χ1) is 10.4. The Morgan fingerprint density at radius 3 is 2.45 bits per heavy atom. The fourth-order valence-corrected chi connectivity index (χ4v) is 2.14. The lowest BCUT2D eigenvalue weighted by Gasteiger charge is -2.07. The second-order valence-electron chi connectivity index (χ2n) is 4.11. The number of rotatable bonds is 4. The predicted molar refractivity (Wildman–Crippen MR) is 79.2 cm³/mol. The van der Waals surface area contributed by atoms with E-state index >= 15 is 0 Å². The lowest BCUT2D eigenvalue weighted by Crippen LogP contribution is -2.11. The third-order valence-corrected chi connectivity index (χ3v) is 3.32. The van der Waals surface area contributed by atoms with Gasteiger partial charge in [0, 0.05) is 6.07 Å².